The zero-order chi connectivity index (χ0) is 10.8. The van der Waals surface area contributed by atoms with E-state index in [4.69, 9.17) is 11.6 Å². The van der Waals surface area contributed by atoms with Gasteiger partial charge in [0.05, 0.1) is 17.6 Å². The molecule has 0 saturated carbocycles. The van der Waals surface area contributed by atoms with E-state index in [1.54, 1.807) is 10.6 Å². The fraction of sp³-hybridized carbons (Fsp3) is 0.182. The van der Waals surface area contributed by atoms with Crippen LogP contribution in [0.5, 0.6) is 0 Å². The Labute approximate surface area is 92.2 Å². The summed E-state index contributed by atoms with van der Waals surface area (Å²) in [4.78, 5) is 11.1. The highest BCUT2D eigenvalue weighted by Gasteiger charge is 2.08. The number of hydrogen-bond acceptors (Lipinski definition) is 2. The number of hydrogen-bond donors (Lipinski definition) is 0. The number of aromatic nitrogens is 1. The number of methoxy groups -OCH3 is 1. The van der Waals surface area contributed by atoms with Crippen LogP contribution < -0.4 is 0 Å². The second kappa shape index (κ2) is 3.95. The van der Waals surface area contributed by atoms with Gasteiger partial charge in [0.1, 0.15) is 6.54 Å². The van der Waals surface area contributed by atoms with E-state index < -0.39 is 0 Å². The molecule has 1 heterocycles. The molecular weight excluding hydrogens is 214 g/mol. The first kappa shape index (κ1) is 10.1. The Hall–Kier alpha value is -1.48. The van der Waals surface area contributed by atoms with E-state index in [0.717, 1.165) is 10.9 Å². The van der Waals surface area contributed by atoms with Crippen molar-refractivity contribution in [3.63, 3.8) is 0 Å². The van der Waals surface area contributed by atoms with Gasteiger partial charge in [0.2, 0.25) is 0 Å². The van der Waals surface area contributed by atoms with Gasteiger partial charge in [-0.1, -0.05) is 23.7 Å². The summed E-state index contributed by atoms with van der Waals surface area (Å²) in [6.07, 6.45) is 1.83. The Balaban J connectivity index is 2.48. The molecule has 0 radical (unpaired) electrons. The second-order valence-electron chi connectivity index (χ2n) is 3.20. The average Bonchev–Trinajstić information content (AvgIpc) is 2.63. The SMILES string of the molecule is COC(=O)Cn1ccc2cccc(Cl)c21. The van der Waals surface area contributed by atoms with Crippen LogP contribution in [0.1, 0.15) is 0 Å². The summed E-state index contributed by atoms with van der Waals surface area (Å²) in [6.45, 7) is 0.184. The van der Waals surface area contributed by atoms with Gasteiger partial charge < -0.3 is 9.30 Å². The molecule has 0 unspecified atom stereocenters. The Kier molecular flexibility index (Phi) is 2.64. The minimum atomic E-state index is -0.285. The minimum absolute atomic E-state index is 0.184. The van der Waals surface area contributed by atoms with E-state index >= 15 is 0 Å². The summed E-state index contributed by atoms with van der Waals surface area (Å²) in [5.74, 6) is -0.285. The Morgan fingerprint density at radius 1 is 1.47 bits per heavy atom. The van der Waals surface area contributed by atoms with Gasteiger partial charge >= 0.3 is 5.97 Å². The predicted molar refractivity (Wildman–Crippen MR) is 59.0 cm³/mol. The maximum atomic E-state index is 11.1. The maximum absolute atomic E-state index is 11.1. The van der Waals surface area contributed by atoms with E-state index in [1.165, 1.54) is 7.11 Å². The highest BCUT2D eigenvalue weighted by Crippen LogP contribution is 2.24. The van der Waals surface area contributed by atoms with Crippen molar-refractivity contribution in [1.82, 2.24) is 4.57 Å². The van der Waals surface area contributed by atoms with Gasteiger partial charge in [-0.15, -0.1) is 0 Å². The molecule has 78 valence electrons. The van der Waals surface area contributed by atoms with Gasteiger partial charge in [-0.25, -0.2) is 0 Å². The fourth-order valence-electron chi connectivity index (χ4n) is 1.55. The lowest BCUT2D eigenvalue weighted by atomic mass is 10.2. The number of benzene rings is 1. The predicted octanol–water partition coefficient (Wildman–Crippen LogP) is 2.47. The van der Waals surface area contributed by atoms with Crippen molar-refractivity contribution >= 4 is 28.5 Å². The van der Waals surface area contributed by atoms with Crippen LogP contribution >= 0.6 is 11.6 Å². The molecule has 0 saturated heterocycles. The van der Waals surface area contributed by atoms with Crippen LogP contribution in [0.4, 0.5) is 0 Å². The molecule has 2 aromatic rings. The Bertz CT molecular complexity index is 504. The van der Waals surface area contributed by atoms with Crippen LogP contribution in [-0.2, 0) is 16.1 Å². The van der Waals surface area contributed by atoms with Crippen LogP contribution in [-0.4, -0.2) is 17.6 Å². The molecule has 0 N–H and O–H groups in total. The molecule has 0 aliphatic rings. The summed E-state index contributed by atoms with van der Waals surface area (Å²) in [5.41, 5.74) is 0.865. The number of halogens is 1. The Morgan fingerprint density at radius 3 is 3.00 bits per heavy atom. The van der Waals surface area contributed by atoms with Gasteiger partial charge in [-0.3, -0.25) is 4.79 Å². The molecule has 0 bridgehead atoms. The standard InChI is InChI=1S/C11H10ClNO2/c1-15-10(14)7-13-6-5-8-3-2-4-9(12)11(8)13/h2-6H,7H2,1H3. The van der Waals surface area contributed by atoms with Crippen LogP contribution in [0.25, 0.3) is 10.9 Å². The molecule has 1 aromatic heterocycles. The topological polar surface area (TPSA) is 31.2 Å². The van der Waals surface area contributed by atoms with E-state index in [0.29, 0.717) is 5.02 Å². The average molecular weight is 224 g/mol. The van der Waals surface area contributed by atoms with Gasteiger partial charge in [0.15, 0.2) is 0 Å². The third-order valence-electron chi connectivity index (χ3n) is 2.27. The first-order valence-electron chi connectivity index (χ1n) is 4.52. The van der Waals surface area contributed by atoms with Crippen LogP contribution in [0.15, 0.2) is 30.5 Å². The van der Waals surface area contributed by atoms with E-state index in [9.17, 15) is 4.79 Å². The summed E-state index contributed by atoms with van der Waals surface area (Å²) >= 11 is 6.06. The van der Waals surface area contributed by atoms with Crippen molar-refractivity contribution in [3.8, 4) is 0 Å². The molecule has 2 rings (SSSR count). The molecular formula is C11H10ClNO2. The monoisotopic (exact) mass is 223 g/mol. The normalized spacial score (nSPS) is 10.5. The lowest BCUT2D eigenvalue weighted by Crippen LogP contribution is -2.10. The zero-order valence-electron chi connectivity index (χ0n) is 8.24. The third-order valence-corrected chi connectivity index (χ3v) is 2.57. The lowest BCUT2D eigenvalue weighted by molar-refractivity contribution is -0.141. The number of para-hydroxylation sites is 1. The van der Waals surface area contributed by atoms with Gasteiger partial charge in [-0.2, -0.15) is 0 Å². The highest BCUT2D eigenvalue weighted by atomic mass is 35.5. The van der Waals surface area contributed by atoms with Crippen molar-refractivity contribution in [2.24, 2.45) is 0 Å². The minimum Gasteiger partial charge on any atom is -0.468 e. The molecule has 4 heteroatoms. The van der Waals surface area contributed by atoms with Gasteiger partial charge in [0.25, 0.3) is 0 Å². The molecule has 1 aromatic carbocycles. The smallest absolute Gasteiger partial charge is 0.325 e. The molecule has 0 fully saturated rings. The van der Waals surface area contributed by atoms with Crippen molar-refractivity contribution in [1.29, 1.82) is 0 Å². The number of rotatable bonds is 2. The highest BCUT2D eigenvalue weighted by molar-refractivity contribution is 6.35. The number of esters is 1. The number of carbonyl (C=O) groups excluding carboxylic acids is 1. The van der Waals surface area contributed by atoms with Crippen molar-refractivity contribution in [3.05, 3.63) is 35.5 Å². The summed E-state index contributed by atoms with van der Waals surface area (Å²) in [7, 11) is 1.37. The number of fused-ring (bicyclic) bond motifs is 1. The molecule has 0 spiro atoms. The fourth-order valence-corrected chi connectivity index (χ4v) is 1.84. The summed E-state index contributed by atoms with van der Waals surface area (Å²) in [5, 5.41) is 1.66. The molecule has 3 nitrogen and oxygen atoms in total. The second-order valence-corrected chi connectivity index (χ2v) is 3.60. The van der Waals surface area contributed by atoms with Crippen molar-refractivity contribution in [2.75, 3.05) is 7.11 Å². The van der Waals surface area contributed by atoms with E-state index in [1.807, 2.05) is 24.4 Å². The number of carbonyl (C=O) groups is 1. The molecule has 0 amide bonds. The van der Waals surface area contributed by atoms with Crippen LogP contribution in [0, 0.1) is 0 Å². The van der Waals surface area contributed by atoms with Crippen molar-refractivity contribution < 1.29 is 9.53 Å². The Morgan fingerprint density at radius 2 is 2.27 bits per heavy atom. The summed E-state index contributed by atoms with van der Waals surface area (Å²) in [6, 6.07) is 7.56. The summed E-state index contributed by atoms with van der Waals surface area (Å²) < 4.78 is 6.39. The number of nitrogens with zero attached hydrogens (tertiary/aromatic N) is 1. The molecule has 0 aliphatic heterocycles. The first-order valence-corrected chi connectivity index (χ1v) is 4.90. The van der Waals surface area contributed by atoms with E-state index in [-0.39, 0.29) is 12.5 Å². The molecule has 0 atom stereocenters. The number of ether oxygens (including phenoxy) is 1. The van der Waals surface area contributed by atoms with E-state index in [2.05, 4.69) is 4.74 Å². The third kappa shape index (κ3) is 1.83. The lowest BCUT2D eigenvalue weighted by Gasteiger charge is -2.04. The quantitative estimate of drug-likeness (QED) is 0.733. The molecule has 15 heavy (non-hydrogen) atoms. The first-order chi connectivity index (χ1) is 7.22. The van der Waals surface area contributed by atoms with Gasteiger partial charge in [0, 0.05) is 11.6 Å². The zero-order valence-corrected chi connectivity index (χ0v) is 8.99. The molecule has 0 aliphatic carbocycles. The maximum Gasteiger partial charge on any atom is 0.325 e. The largest absolute Gasteiger partial charge is 0.468 e. The van der Waals surface area contributed by atoms with Gasteiger partial charge in [-0.05, 0) is 12.1 Å². The van der Waals surface area contributed by atoms with Crippen LogP contribution in [0.2, 0.25) is 5.02 Å². The van der Waals surface area contributed by atoms with Crippen LogP contribution in [0.3, 0.4) is 0 Å². The van der Waals surface area contributed by atoms with Crippen molar-refractivity contribution in [2.45, 2.75) is 6.54 Å².